The molecular formula is C22H27Cl2N3O4S. The van der Waals surface area contributed by atoms with E-state index in [-0.39, 0.29) is 18.5 Å². The number of nitrogens with one attached hydrogen (secondary N) is 1. The molecule has 10 heteroatoms. The molecule has 1 atom stereocenters. The second-order valence-electron chi connectivity index (χ2n) is 7.70. The maximum absolute atomic E-state index is 13.4. The predicted molar refractivity (Wildman–Crippen MR) is 128 cm³/mol. The Labute approximate surface area is 199 Å². The number of carbonyl (C=O) groups excluding carboxylic acids is 2. The zero-order chi connectivity index (χ0) is 24.1. The smallest absolute Gasteiger partial charge is 0.244 e. The Morgan fingerprint density at radius 2 is 1.59 bits per heavy atom. The molecule has 2 rings (SSSR count). The van der Waals surface area contributed by atoms with Crippen LogP contribution in [0.2, 0.25) is 10.0 Å². The van der Waals surface area contributed by atoms with Gasteiger partial charge in [0.2, 0.25) is 21.8 Å². The molecule has 0 radical (unpaired) electrons. The summed E-state index contributed by atoms with van der Waals surface area (Å²) in [4.78, 5) is 27.4. The number of carbonyl (C=O) groups is 2. The lowest BCUT2D eigenvalue weighted by Gasteiger charge is -2.32. The molecule has 0 saturated carbocycles. The highest BCUT2D eigenvalue weighted by molar-refractivity contribution is 7.92. The zero-order valence-corrected chi connectivity index (χ0v) is 20.7. The van der Waals surface area contributed by atoms with Gasteiger partial charge in [-0.15, -0.1) is 0 Å². The van der Waals surface area contributed by atoms with Gasteiger partial charge in [0, 0.05) is 22.6 Å². The summed E-state index contributed by atoms with van der Waals surface area (Å²) in [6.07, 6.45) is 1.02. The molecule has 0 aromatic heterocycles. The van der Waals surface area contributed by atoms with Crippen LogP contribution in [0.3, 0.4) is 0 Å². The predicted octanol–water partition coefficient (Wildman–Crippen LogP) is 3.70. The summed E-state index contributed by atoms with van der Waals surface area (Å²) >= 11 is 12.2. The van der Waals surface area contributed by atoms with Crippen LogP contribution in [0.15, 0.2) is 48.5 Å². The number of rotatable bonds is 9. The summed E-state index contributed by atoms with van der Waals surface area (Å²) in [5.41, 5.74) is 0.936. The van der Waals surface area contributed by atoms with Crippen molar-refractivity contribution in [1.82, 2.24) is 10.2 Å². The molecule has 0 spiro atoms. The van der Waals surface area contributed by atoms with Crippen LogP contribution in [-0.2, 0) is 26.2 Å². The van der Waals surface area contributed by atoms with Crippen molar-refractivity contribution in [2.24, 2.45) is 0 Å². The molecule has 0 aliphatic rings. The lowest BCUT2D eigenvalue weighted by atomic mass is 10.1. The molecule has 2 amide bonds. The average Bonchev–Trinajstić information content (AvgIpc) is 2.70. The molecule has 1 N–H and O–H groups in total. The fourth-order valence-electron chi connectivity index (χ4n) is 3.02. The second kappa shape index (κ2) is 11.0. The third-order valence-corrected chi connectivity index (χ3v) is 6.45. The van der Waals surface area contributed by atoms with Gasteiger partial charge in [-0.1, -0.05) is 41.4 Å². The Hall–Kier alpha value is -2.29. The molecular weight excluding hydrogens is 473 g/mol. The van der Waals surface area contributed by atoms with Gasteiger partial charge in [-0.25, -0.2) is 8.42 Å². The number of benzene rings is 2. The summed E-state index contributed by atoms with van der Waals surface area (Å²) < 4.78 is 25.9. The normalized spacial score (nSPS) is 12.3. The number of halogens is 2. The number of hydrogen-bond acceptors (Lipinski definition) is 4. The fraction of sp³-hybridized carbons (Fsp3) is 0.364. The van der Waals surface area contributed by atoms with E-state index in [9.17, 15) is 18.0 Å². The highest BCUT2D eigenvalue weighted by Crippen LogP contribution is 2.22. The Morgan fingerprint density at radius 1 is 1.00 bits per heavy atom. The van der Waals surface area contributed by atoms with Crippen LogP contribution in [0.1, 0.15) is 26.3 Å². The molecule has 0 fully saturated rings. The average molecular weight is 500 g/mol. The van der Waals surface area contributed by atoms with E-state index in [2.05, 4.69) is 5.32 Å². The van der Waals surface area contributed by atoms with E-state index in [4.69, 9.17) is 23.2 Å². The fourth-order valence-corrected chi connectivity index (χ4v) is 4.19. The van der Waals surface area contributed by atoms with Gasteiger partial charge in [0.25, 0.3) is 0 Å². The number of amides is 2. The van der Waals surface area contributed by atoms with E-state index in [0.29, 0.717) is 21.3 Å². The lowest BCUT2D eigenvalue weighted by Crippen LogP contribution is -2.52. The van der Waals surface area contributed by atoms with E-state index in [0.717, 1.165) is 10.6 Å². The van der Waals surface area contributed by atoms with Crippen molar-refractivity contribution in [3.63, 3.8) is 0 Å². The van der Waals surface area contributed by atoms with E-state index in [1.54, 1.807) is 43.3 Å². The van der Waals surface area contributed by atoms with Gasteiger partial charge in [-0.2, -0.15) is 0 Å². The molecule has 0 bridgehead atoms. The summed E-state index contributed by atoms with van der Waals surface area (Å²) in [6, 6.07) is 12.1. The molecule has 2 aromatic rings. The van der Waals surface area contributed by atoms with E-state index in [1.807, 2.05) is 13.8 Å². The van der Waals surface area contributed by atoms with Gasteiger partial charge in [0.15, 0.2) is 0 Å². The van der Waals surface area contributed by atoms with E-state index in [1.165, 1.54) is 17.0 Å². The summed E-state index contributed by atoms with van der Waals surface area (Å²) in [7, 11) is -3.79. The van der Waals surface area contributed by atoms with E-state index >= 15 is 0 Å². The summed E-state index contributed by atoms with van der Waals surface area (Å²) in [5.74, 6) is -0.894. The number of anilines is 1. The maximum atomic E-state index is 13.4. The largest absolute Gasteiger partial charge is 0.352 e. The Bertz CT molecular complexity index is 1060. The maximum Gasteiger partial charge on any atom is 0.244 e. The van der Waals surface area contributed by atoms with Gasteiger partial charge in [-0.05, 0) is 56.7 Å². The monoisotopic (exact) mass is 499 g/mol. The van der Waals surface area contributed by atoms with Crippen molar-refractivity contribution in [3.8, 4) is 0 Å². The van der Waals surface area contributed by atoms with Crippen LogP contribution >= 0.6 is 23.2 Å². The van der Waals surface area contributed by atoms with Crippen molar-refractivity contribution in [2.45, 2.75) is 39.4 Å². The van der Waals surface area contributed by atoms with Gasteiger partial charge >= 0.3 is 0 Å². The van der Waals surface area contributed by atoms with Crippen LogP contribution in [-0.4, -0.2) is 50.0 Å². The first kappa shape index (κ1) is 26.0. The number of hydrogen-bond donors (Lipinski definition) is 1. The third kappa shape index (κ3) is 7.12. The van der Waals surface area contributed by atoms with E-state index < -0.39 is 28.5 Å². The first-order valence-corrected chi connectivity index (χ1v) is 12.6. The van der Waals surface area contributed by atoms with Crippen molar-refractivity contribution < 1.29 is 18.0 Å². The van der Waals surface area contributed by atoms with Crippen molar-refractivity contribution in [2.75, 3.05) is 17.1 Å². The second-order valence-corrected chi connectivity index (χ2v) is 10.4. The molecule has 2 aromatic carbocycles. The van der Waals surface area contributed by atoms with Crippen molar-refractivity contribution in [1.29, 1.82) is 0 Å². The molecule has 0 unspecified atom stereocenters. The molecule has 0 aliphatic heterocycles. The SMILES string of the molecule is CC(C)NC(=O)[C@@H](C)N(Cc1ccccc1Cl)C(=O)CN(c1ccc(Cl)cc1)S(C)(=O)=O. The first-order valence-electron chi connectivity index (χ1n) is 9.96. The van der Waals surface area contributed by atoms with Crippen LogP contribution in [0, 0.1) is 0 Å². The standard InChI is InChI=1S/C22H27Cl2N3O4S/c1-15(2)25-22(29)16(3)26(13-17-7-5-6-8-20(17)24)21(28)14-27(32(4,30)31)19-11-9-18(23)10-12-19/h5-12,15-16H,13-14H2,1-4H3,(H,25,29)/t16-/m1/s1. The topological polar surface area (TPSA) is 86.8 Å². The van der Waals surface area contributed by atoms with Gasteiger partial charge in [0.05, 0.1) is 11.9 Å². The first-order chi connectivity index (χ1) is 14.9. The van der Waals surface area contributed by atoms with Crippen molar-refractivity contribution >= 4 is 50.7 Å². The minimum absolute atomic E-state index is 0.0450. The molecule has 32 heavy (non-hydrogen) atoms. The van der Waals surface area contributed by atoms with Gasteiger partial charge < -0.3 is 10.2 Å². The zero-order valence-electron chi connectivity index (χ0n) is 18.4. The van der Waals surface area contributed by atoms with Crippen LogP contribution < -0.4 is 9.62 Å². The molecule has 0 heterocycles. The highest BCUT2D eigenvalue weighted by atomic mass is 35.5. The lowest BCUT2D eigenvalue weighted by molar-refractivity contribution is -0.139. The molecule has 174 valence electrons. The minimum Gasteiger partial charge on any atom is -0.352 e. The van der Waals surface area contributed by atoms with Gasteiger partial charge in [0.1, 0.15) is 12.6 Å². The molecule has 0 saturated heterocycles. The van der Waals surface area contributed by atoms with Gasteiger partial charge in [-0.3, -0.25) is 13.9 Å². The summed E-state index contributed by atoms with van der Waals surface area (Å²) in [6.45, 7) is 4.79. The molecule has 0 aliphatic carbocycles. The Balaban J connectivity index is 2.39. The quantitative estimate of drug-likeness (QED) is 0.569. The minimum atomic E-state index is -3.79. The molecule has 7 nitrogen and oxygen atoms in total. The van der Waals surface area contributed by atoms with Crippen LogP contribution in [0.4, 0.5) is 5.69 Å². The number of nitrogens with zero attached hydrogens (tertiary/aromatic N) is 2. The van der Waals surface area contributed by atoms with Crippen LogP contribution in [0.25, 0.3) is 0 Å². The number of sulfonamides is 1. The Kier molecular flexibility index (Phi) is 8.95. The van der Waals surface area contributed by atoms with Crippen LogP contribution in [0.5, 0.6) is 0 Å². The highest BCUT2D eigenvalue weighted by Gasteiger charge is 2.30. The Morgan fingerprint density at radius 3 is 2.12 bits per heavy atom. The van der Waals surface area contributed by atoms with Crippen molar-refractivity contribution in [3.05, 3.63) is 64.1 Å². The third-order valence-electron chi connectivity index (χ3n) is 4.69. The summed E-state index contributed by atoms with van der Waals surface area (Å²) in [5, 5.41) is 3.67.